The van der Waals surface area contributed by atoms with Crippen molar-refractivity contribution in [2.75, 3.05) is 0 Å². The van der Waals surface area contributed by atoms with E-state index in [1.165, 1.54) is 6.07 Å². The fourth-order valence-corrected chi connectivity index (χ4v) is 2.24. The topological polar surface area (TPSA) is 55.1 Å². The summed E-state index contributed by atoms with van der Waals surface area (Å²) >= 11 is 0. The fourth-order valence-electron chi connectivity index (χ4n) is 2.24. The van der Waals surface area contributed by atoms with Crippen molar-refractivity contribution in [3.63, 3.8) is 0 Å². The standard InChI is InChI=1S/C17H12F2N2O2/c1-10-2-4-11(5-3-10)14-9-16(17(22)23)21(20-14)15-7-6-12(18)8-13(15)19/h2-9H,1H3,(H,22,23). The molecule has 2 aromatic carbocycles. The average Bonchev–Trinajstić information content (AvgIpc) is 2.93. The van der Waals surface area contributed by atoms with Crippen molar-refractivity contribution >= 4 is 5.97 Å². The van der Waals surface area contributed by atoms with Gasteiger partial charge in [0.1, 0.15) is 11.5 Å². The number of hydrogen-bond acceptors (Lipinski definition) is 2. The molecule has 0 radical (unpaired) electrons. The van der Waals surface area contributed by atoms with Crippen molar-refractivity contribution in [2.24, 2.45) is 0 Å². The summed E-state index contributed by atoms with van der Waals surface area (Å²) in [5.41, 5.74) is 1.83. The predicted octanol–water partition coefficient (Wildman–Crippen LogP) is 3.82. The van der Waals surface area contributed by atoms with E-state index in [2.05, 4.69) is 5.10 Å². The van der Waals surface area contributed by atoms with E-state index < -0.39 is 17.6 Å². The van der Waals surface area contributed by atoms with Crippen molar-refractivity contribution in [3.8, 4) is 16.9 Å². The smallest absolute Gasteiger partial charge is 0.354 e. The van der Waals surface area contributed by atoms with E-state index in [-0.39, 0.29) is 11.4 Å². The number of benzene rings is 2. The molecule has 0 aliphatic rings. The number of carbonyl (C=O) groups is 1. The Morgan fingerprint density at radius 3 is 2.39 bits per heavy atom. The van der Waals surface area contributed by atoms with Crippen molar-refractivity contribution in [1.82, 2.24) is 9.78 Å². The number of halogens is 2. The Kier molecular flexibility index (Phi) is 3.65. The molecule has 23 heavy (non-hydrogen) atoms. The van der Waals surface area contributed by atoms with Gasteiger partial charge in [-0.3, -0.25) is 0 Å². The minimum Gasteiger partial charge on any atom is -0.477 e. The SMILES string of the molecule is Cc1ccc(-c2cc(C(=O)O)n(-c3ccc(F)cc3F)n2)cc1. The Morgan fingerprint density at radius 1 is 1.09 bits per heavy atom. The first kappa shape index (κ1) is 14.9. The predicted molar refractivity (Wildman–Crippen MR) is 80.6 cm³/mol. The molecule has 0 bridgehead atoms. The molecule has 6 heteroatoms. The molecule has 3 rings (SSSR count). The van der Waals surface area contributed by atoms with Crippen LogP contribution >= 0.6 is 0 Å². The molecule has 0 aliphatic heterocycles. The highest BCUT2D eigenvalue weighted by Gasteiger charge is 2.19. The average molecular weight is 314 g/mol. The van der Waals surface area contributed by atoms with Crippen LogP contribution in [0.2, 0.25) is 0 Å². The van der Waals surface area contributed by atoms with Gasteiger partial charge in [-0.2, -0.15) is 5.10 Å². The van der Waals surface area contributed by atoms with Gasteiger partial charge in [0.05, 0.1) is 5.69 Å². The van der Waals surface area contributed by atoms with Gasteiger partial charge < -0.3 is 5.11 Å². The van der Waals surface area contributed by atoms with Crippen LogP contribution in [0.25, 0.3) is 16.9 Å². The molecule has 4 nitrogen and oxygen atoms in total. The Hall–Kier alpha value is -3.02. The number of aromatic carboxylic acids is 1. The molecule has 1 N–H and O–H groups in total. The molecule has 0 unspecified atom stereocenters. The zero-order valence-corrected chi connectivity index (χ0v) is 12.1. The van der Waals surface area contributed by atoms with Crippen LogP contribution in [0.15, 0.2) is 48.5 Å². The first-order chi connectivity index (χ1) is 11.0. The molecule has 0 saturated carbocycles. The van der Waals surface area contributed by atoms with Crippen LogP contribution in [0.4, 0.5) is 8.78 Å². The highest BCUT2D eigenvalue weighted by molar-refractivity contribution is 5.88. The zero-order valence-electron chi connectivity index (χ0n) is 12.1. The first-order valence-electron chi connectivity index (χ1n) is 6.81. The largest absolute Gasteiger partial charge is 0.477 e. The van der Waals surface area contributed by atoms with Crippen molar-refractivity contribution < 1.29 is 18.7 Å². The lowest BCUT2D eigenvalue weighted by molar-refractivity contribution is 0.0687. The van der Waals surface area contributed by atoms with Crippen LogP contribution in [-0.4, -0.2) is 20.9 Å². The van der Waals surface area contributed by atoms with Crippen LogP contribution in [-0.2, 0) is 0 Å². The minimum absolute atomic E-state index is 0.123. The van der Waals surface area contributed by atoms with Gasteiger partial charge in [-0.1, -0.05) is 29.8 Å². The third-order valence-corrected chi connectivity index (χ3v) is 3.41. The maximum absolute atomic E-state index is 14.0. The second-order valence-corrected chi connectivity index (χ2v) is 5.09. The Bertz CT molecular complexity index is 886. The third-order valence-electron chi connectivity index (χ3n) is 3.41. The Morgan fingerprint density at radius 2 is 1.78 bits per heavy atom. The normalized spacial score (nSPS) is 10.7. The molecule has 0 saturated heterocycles. The summed E-state index contributed by atoms with van der Waals surface area (Å²) in [6.45, 7) is 1.93. The number of hydrogen-bond donors (Lipinski definition) is 1. The molecular weight excluding hydrogens is 302 g/mol. The van der Waals surface area contributed by atoms with Gasteiger partial charge in [0, 0.05) is 11.6 Å². The minimum atomic E-state index is -1.25. The molecule has 0 spiro atoms. The Balaban J connectivity index is 2.16. The number of carboxylic acids is 1. The first-order valence-corrected chi connectivity index (χ1v) is 6.81. The van der Waals surface area contributed by atoms with Crippen LogP contribution in [0, 0.1) is 18.6 Å². The number of rotatable bonds is 3. The number of aromatic nitrogens is 2. The van der Waals surface area contributed by atoms with Gasteiger partial charge in [0.25, 0.3) is 0 Å². The van der Waals surface area contributed by atoms with Crippen LogP contribution in [0.5, 0.6) is 0 Å². The van der Waals surface area contributed by atoms with E-state index in [1.807, 2.05) is 19.1 Å². The number of carboxylic acid groups (broad SMARTS) is 1. The summed E-state index contributed by atoms with van der Waals surface area (Å²) in [4.78, 5) is 11.4. The summed E-state index contributed by atoms with van der Waals surface area (Å²) in [7, 11) is 0. The molecule has 1 heterocycles. The van der Waals surface area contributed by atoms with Gasteiger partial charge in [-0.15, -0.1) is 0 Å². The van der Waals surface area contributed by atoms with E-state index >= 15 is 0 Å². The highest BCUT2D eigenvalue weighted by Crippen LogP contribution is 2.23. The molecular formula is C17H12F2N2O2. The lowest BCUT2D eigenvalue weighted by Crippen LogP contribution is -2.09. The van der Waals surface area contributed by atoms with Crippen molar-refractivity contribution in [2.45, 2.75) is 6.92 Å². The van der Waals surface area contributed by atoms with Crippen LogP contribution in [0.1, 0.15) is 16.1 Å². The van der Waals surface area contributed by atoms with Gasteiger partial charge >= 0.3 is 5.97 Å². The van der Waals surface area contributed by atoms with Gasteiger partial charge in [0.2, 0.25) is 0 Å². The molecule has 3 aromatic rings. The molecule has 0 atom stereocenters. The van der Waals surface area contributed by atoms with E-state index in [4.69, 9.17) is 0 Å². The number of aryl methyl sites for hydroxylation is 1. The summed E-state index contributed by atoms with van der Waals surface area (Å²) in [5, 5.41) is 13.5. The van der Waals surface area contributed by atoms with Gasteiger partial charge in [-0.05, 0) is 25.1 Å². The van der Waals surface area contributed by atoms with Crippen LogP contribution < -0.4 is 0 Å². The lowest BCUT2D eigenvalue weighted by atomic mass is 10.1. The van der Waals surface area contributed by atoms with Crippen molar-refractivity contribution in [1.29, 1.82) is 0 Å². The van der Waals surface area contributed by atoms with E-state index in [1.54, 1.807) is 12.1 Å². The van der Waals surface area contributed by atoms with Crippen LogP contribution in [0.3, 0.4) is 0 Å². The van der Waals surface area contributed by atoms with E-state index in [0.717, 1.165) is 22.4 Å². The molecule has 116 valence electrons. The summed E-state index contributed by atoms with van der Waals surface area (Å²) in [6.07, 6.45) is 0. The molecule has 0 amide bonds. The van der Waals surface area contributed by atoms with E-state index in [0.29, 0.717) is 17.3 Å². The maximum atomic E-state index is 14.0. The fraction of sp³-hybridized carbons (Fsp3) is 0.0588. The second kappa shape index (κ2) is 5.64. The molecule has 1 aromatic heterocycles. The second-order valence-electron chi connectivity index (χ2n) is 5.09. The summed E-state index contributed by atoms with van der Waals surface area (Å²) in [5.74, 6) is -2.88. The summed E-state index contributed by atoms with van der Waals surface area (Å²) in [6, 6.07) is 11.6. The highest BCUT2D eigenvalue weighted by atomic mass is 19.1. The van der Waals surface area contributed by atoms with Crippen molar-refractivity contribution in [3.05, 3.63) is 71.4 Å². The molecule has 0 fully saturated rings. The lowest BCUT2D eigenvalue weighted by Gasteiger charge is -2.05. The summed E-state index contributed by atoms with van der Waals surface area (Å²) < 4.78 is 28.0. The molecule has 0 aliphatic carbocycles. The van der Waals surface area contributed by atoms with E-state index in [9.17, 15) is 18.7 Å². The monoisotopic (exact) mass is 314 g/mol. The Labute approximate surface area is 130 Å². The van der Waals surface area contributed by atoms with Gasteiger partial charge in [-0.25, -0.2) is 18.3 Å². The number of nitrogens with zero attached hydrogens (tertiary/aromatic N) is 2. The quantitative estimate of drug-likeness (QED) is 0.799. The maximum Gasteiger partial charge on any atom is 0.354 e. The van der Waals surface area contributed by atoms with Gasteiger partial charge in [0.15, 0.2) is 11.5 Å². The zero-order chi connectivity index (χ0) is 16.6. The third kappa shape index (κ3) is 2.83.